The largest absolute Gasteiger partial charge is 1.00 e. The van der Waals surface area contributed by atoms with E-state index in [0.29, 0.717) is 6.42 Å². The van der Waals surface area contributed by atoms with Crippen LogP contribution in [0.4, 0.5) is 0 Å². The summed E-state index contributed by atoms with van der Waals surface area (Å²) >= 11 is 0. The molecule has 0 N–H and O–H groups in total. The van der Waals surface area contributed by atoms with Crippen molar-refractivity contribution in [2.24, 2.45) is 0 Å². The molecule has 1 fully saturated rings. The third kappa shape index (κ3) is 14.6. The van der Waals surface area contributed by atoms with Crippen LogP contribution in [0.3, 0.4) is 0 Å². The SMILES string of the molecule is CCCCCCCC[C@@H]1OC(CC)(CC)O[C@H]1CCCCCCCCOS(=O)(=O)[O-].[Na+]. The van der Waals surface area contributed by atoms with E-state index in [1.807, 2.05) is 0 Å². The average molecular weight is 473 g/mol. The van der Waals surface area contributed by atoms with E-state index in [4.69, 9.17) is 9.47 Å². The maximum Gasteiger partial charge on any atom is 1.00 e. The monoisotopic (exact) mass is 472 g/mol. The van der Waals surface area contributed by atoms with Crippen LogP contribution in [0.1, 0.15) is 124 Å². The second kappa shape index (κ2) is 18.2. The Bertz CT molecular complexity index is 524. The number of hydrogen-bond acceptors (Lipinski definition) is 6. The van der Waals surface area contributed by atoms with Gasteiger partial charge in [-0.3, -0.25) is 4.18 Å². The Morgan fingerprint density at radius 3 is 1.58 bits per heavy atom. The van der Waals surface area contributed by atoms with Gasteiger partial charge in [0.05, 0.1) is 18.8 Å². The summed E-state index contributed by atoms with van der Waals surface area (Å²) in [5.74, 6) is -0.389. The van der Waals surface area contributed by atoms with Gasteiger partial charge >= 0.3 is 29.6 Å². The van der Waals surface area contributed by atoms with Crippen molar-refractivity contribution in [3.63, 3.8) is 0 Å². The van der Waals surface area contributed by atoms with E-state index < -0.39 is 10.4 Å². The number of unbranched alkanes of at least 4 members (excludes halogenated alkanes) is 10. The van der Waals surface area contributed by atoms with Crippen LogP contribution in [-0.4, -0.2) is 37.6 Å². The van der Waals surface area contributed by atoms with E-state index in [1.54, 1.807) is 0 Å². The van der Waals surface area contributed by atoms with E-state index in [9.17, 15) is 13.0 Å². The topological polar surface area (TPSA) is 84.9 Å². The zero-order chi connectivity index (χ0) is 22.3. The second-order valence-electron chi connectivity index (χ2n) is 8.63. The predicted molar refractivity (Wildman–Crippen MR) is 119 cm³/mol. The van der Waals surface area contributed by atoms with E-state index in [0.717, 1.165) is 57.8 Å². The molecule has 1 rings (SSSR count). The van der Waals surface area contributed by atoms with Gasteiger partial charge in [-0.2, -0.15) is 0 Å². The molecule has 6 nitrogen and oxygen atoms in total. The van der Waals surface area contributed by atoms with Crippen LogP contribution < -0.4 is 29.6 Å². The van der Waals surface area contributed by atoms with Crippen molar-refractivity contribution in [2.45, 2.75) is 141 Å². The molecule has 0 saturated carbocycles. The average Bonchev–Trinajstić information content (AvgIpc) is 3.07. The molecule has 1 aliphatic heterocycles. The third-order valence-electron chi connectivity index (χ3n) is 6.18. The van der Waals surface area contributed by atoms with Gasteiger partial charge in [0.1, 0.15) is 0 Å². The molecule has 0 amide bonds. The molecular formula is C23H45NaO6S. The summed E-state index contributed by atoms with van der Waals surface area (Å²) in [6, 6.07) is 0. The molecule has 0 aromatic rings. The van der Waals surface area contributed by atoms with Gasteiger partial charge in [-0.05, 0) is 32.1 Å². The number of hydrogen-bond donors (Lipinski definition) is 0. The van der Waals surface area contributed by atoms with Crippen LogP contribution in [0, 0.1) is 0 Å². The molecule has 180 valence electrons. The Labute approximate surface area is 213 Å². The van der Waals surface area contributed by atoms with Crippen LogP contribution in [0.15, 0.2) is 0 Å². The zero-order valence-electron chi connectivity index (χ0n) is 20.5. The van der Waals surface area contributed by atoms with Crippen molar-refractivity contribution < 1.29 is 56.2 Å². The predicted octanol–water partition coefficient (Wildman–Crippen LogP) is 3.25. The Balaban J connectivity index is 0.00000900. The van der Waals surface area contributed by atoms with Crippen molar-refractivity contribution in [3.05, 3.63) is 0 Å². The van der Waals surface area contributed by atoms with Gasteiger partial charge in [0.2, 0.25) is 10.4 Å². The number of ether oxygens (including phenoxy) is 2. The fourth-order valence-electron chi connectivity index (χ4n) is 4.25. The summed E-state index contributed by atoms with van der Waals surface area (Å²) in [5.41, 5.74) is 0. The van der Waals surface area contributed by atoms with Crippen molar-refractivity contribution in [1.82, 2.24) is 0 Å². The molecule has 0 unspecified atom stereocenters. The number of rotatable bonds is 19. The van der Waals surface area contributed by atoms with E-state index >= 15 is 0 Å². The second-order valence-corrected chi connectivity index (χ2v) is 9.68. The maximum atomic E-state index is 10.4. The molecule has 0 spiro atoms. The minimum atomic E-state index is -4.54. The summed E-state index contributed by atoms with van der Waals surface area (Å²) in [6.07, 6.45) is 18.0. The van der Waals surface area contributed by atoms with Crippen LogP contribution in [-0.2, 0) is 24.1 Å². The first-order valence-corrected chi connectivity index (χ1v) is 13.6. The molecular weight excluding hydrogens is 427 g/mol. The molecule has 0 aliphatic carbocycles. The first kappa shape index (κ1) is 31.8. The van der Waals surface area contributed by atoms with Crippen molar-refractivity contribution in [2.75, 3.05) is 6.61 Å². The maximum absolute atomic E-state index is 10.4. The van der Waals surface area contributed by atoms with Gasteiger partial charge in [-0.25, -0.2) is 8.42 Å². The summed E-state index contributed by atoms with van der Waals surface area (Å²) in [4.78, 5) is 0. The van der Waals surface area contributed by atoms with Gasteiger partial charge in [0, 0.05) is 0 Å². The van der Waals surface area contributed by atoms with Crippen LogP contribution in [0.25, 0.3) is 0 Å². The Hall–Kier alpha value is 0.790. The first-order chi connectivity index (χ1) is 14.4. The van der Waals surface area contributed by atoms with Crippen LogP contribution in [0.5, 0.6) is 0 Å². The molecule has 1 saturated heterocycles. The quantitative estimate of drug-likeness (QED) is 0.124. The van der Waals surface area contributed by atoms with Crippen molar-refractivity contribution >= 4 is 10.4 Å². The standard InChI is InChI=1S/C23H46O6S.Na/c1-4-7-8-9-12-15-18-21-22(29-23(5-2,6-3)28-21)19-16-13-10-11-14-17-20-27-30(24,25)26;/h21-22H,4-20H2,1-3H3,(H,24,25,26);/q;+1/p-1/t21-,22-;/m0./s1. The van der Waals surface area contributed by atoms with Crippen molar-refractivity contribution in [1.29, 1.82) is 0 Å². The Kier molecular flexibility index (Phi) is 18.6. The van der Waals surface area contributed by atoms with Gasteiger partial charge < -0.3 is 14.0 Å². The summed E-state index contributed by atoms with van der Waals surface area (Å²) in [7, 11) is -4.54. The van der Waals surface area contributed by atoms with Gasteiger partial charge in [-0.1, -0.05) is 91.4 Å². The van der Waals surface area contributed by atoms with Gasteiger partial charge in [0.15, 0.2) is 5.79 Å². The molecule has 0 radical (unpaired) electrons. The van der Waals surface area contributed by atoms with Gasteiger partial charge in [0.25, 0.3) is 0 Å². The molecule has 31 heavy (non-hydrogen) atoms. The zero-order valence-corrected chi connectivity index (χ0v) is 23.3. The van der Waals surface area contributed by atoms with E-state index in [-0.39, 0.29) is 54.2 Å². The Morgan fingerprint density at radius 2 is 1.16 bits per heavy atom. The van der Waals surface area contributed by atoms with E-state index in [2.05, 4.69) is 25.0 Å². The van der Waals surface area contributed by atoms with E-state index in [1.165, 1.54) is 38.5 Å². The van der Waals surface area contributed by atoms with Crippen LogP contribution in [0.2, 0.25) is 0 Å². The van der Waals surface area contributed by atoms with Gasteiger partial charge in [-0.15, -0.1) is 0 Å². The molecule has 2 atom stereocenters. The molecule has 8 heteroatoms. The first-order valence-electron chi connectivity index (χ1n) is 12.3. The molecule has 0 aromatic heterocycles. The summed E-state index contributed by atoms with van der Waals surface area (Å²) in [5, 5.41) is 0. The smallest absolute Gasteiger partial charge is 0.726 e. The molecule has 0 bridgehead atoms. The molecule has 0 aromatic carbocycles. The summed E-state index contributed by atoms with van der Waals surface area (Å²) < 4.78 is 48.2. The Morgan fingerprint density at radius 1 is 0.742 bits per heavy atom. The summed E-state index contributed by atoms with van der Waals surface area (Å²) in [6.45, 7) is 6.54. The fraction of sp³-hybridized carbons (Fsp3) is 1.00. The minimum Gasteiger partial charge on any atom is -0.726 e. The third-order valence-corrected chi connectivity index (χ3v) is 6.63. The molecule has 1 heterocycles. The van der Waals surface area contributed by atoms with Crippen LogP contribution >= 0.6 is 0 Å². The normalized spacial score (nSPS) is 20.6. The minimum absolute atomic E-state index is 0. The molecule has 1 aliphatic rings. The fourth-order valence-corrected chi connectivity index (χ4v) is 4.57. The van der Waals surface area contributed by atoms with Crippen molar-refractivity contribution in [3.8, 4) is 0 Å².